The Balaban J connectivity index is 4.51. The largest absolute Gasteiger partial charge is 0.481 e. The number of aliphatic hydroxyl groups excluding tert-OH is 1. The van der Waals surface area contributed by atoms with E-state index in [0.717, 1.165) is 0 Å². The highest BCUT2D eigenvalue weighted by molar-refractivity contribution is 5.98. The van der Waals surface area contributed by atoms with E-state index >= 15 is 0 Å². The first-order chi connectivity index (χ1) is 8.29. The van der Waals surface area contributed by atoms with Gasteiger partial charge in [-0.3, -0.25) is 19.3 Å². The molecule has 0 aromatic carbocycles. The molecule has 0 fully saturated rings. The van der Waals surface area contributed by atoms with Crippen molar-refractivity contribution in [3.63, 3.8) is 0 Å². The summed E-state index contributed by atoms with van der Waals surface area (Å²) < 4.78 is 0. The second kappa shape index (κ2) is 7.78. The lowest BCUT2D eigenvalue weighted by atomic mass is 10.1. The second-order valence-electron chi connectivity index (χ2n) is 4.44. The monoisotopic (exact) mass is 260 g/mol. The van der Waals surface area contributed by atoms with Crippen LogP contribution in [0.3, 0.4) is 0 Å². The molecule has 0 aromatic rings. The van der Waals surface area contributed by atoms with Gasteiger partial charge in [0, 0.05) is 6.42 Å². The van der Waals surface area contributed by atoms with Gasteiger partial charge < -0.3 is 15.9 Å². The van der Waals surface area contributed by atoms with Crippen LogP contribution in [0.4, 0.5) is 0 Å². The standard InChI is InChI=1S/C11H20N2O5/c1-7(2)3-4-9(15)13(6-14)11(18)8(12)5-10(16)17/h7-8,14H,3-6,12H2,1-2H3,(H,16,17)/t8-/m0/s1. The Morgan fingerprint density at radius 2 is 1.83 bits per heavy atom. The number of aliphatic carboxylic acids is 1. The van der Waals surface area contributed by atoms with Crippen LogP contribution in [0.5, 0.6) is 0 Å². The maximum Gasteiger partial charge on any atom is 0.305 e. The van der Waals surface area contributed by atoms with Gasteiger partial charge in [0.25, 0.3) is 0 Å². The molecule has 0 aliphatic heterocycles. The number of carbonyl (C=O) groups excluding carboxylic acids is 2. The molecule has 0 aromatic heterocycles. The van der Waals surface area contributed by atoms with Crippen molar-refractivity contribution in [2.24, 2.45) is 11.7 Å². The number of nitrogens with zero attached hydrogens (tertiary/aromatic N) is 1. The quantitative estimate of drug-likeness (QED) is 0.532. The maximum atomic E-state index is 11.7. The Bertz CT molecular complexity index is 317. The van der Waals surface area contributed by atoms with Crippen LogP contribution in [0.15, 0.2) is 0 Å². The molecule has 0 unspecified atom stereocenters. The van der Waals surface area contributed by atoms with Crippen molar-refractivity contribution in [1.82, 2.24) is 4.90 Å². The van der Waals surface area contributed by atoms with Crippen LogP contribution in [-0.2, 0) is 14.4 Å². The van der Waals surface area contributed by atoms with E-state index in [0.29, 0.717) is 11.3 Å². The zero-order valence-electron chi connectivity index (χ0n) is 10.6. The van der Waals surface area contributed by atoms with Crippen LogP contribution in [0.1, 0.15) is 33.1 Å². The number of hydrogen-bond acceptors (Lipinski definition) is 5. The van der Waals surface area contributed by atoms with Crippen molar-refractivity contribution in [3.8, 4) is 0 Å². The number of nitrogens with two attached hydrogens (primary N) is 1. The minimum Gasteiger partial charge on any atom is -0.481 e. The number of carboxylic acids is 1. The molecule has 0 aliphatic rings. The first-order valence-corrected chi connectivity index (χ1v) is 5.72. The van der Waals surface area contributed by atoms with Gasteiger partial charge in [-0.1, -0.05) is 13.8 Å². The molecule has 0 radical (unpaired) electrons. The average Bonchev–Trinajstić information content (AvgIpc) is 2.26. The molecule has 104 valence electrons. The second-order valence-corrected chi connectivity index (χ2v) is 4.44. The van der Waals surface area contributed by atoms with Gasteiger partial charge >= 0.3 is 5.97 Å². The molecule has 0 aliphatic carbocycles. The number of rotatable bonds is 7. The topological polar surface area (TPSA) is 121 Å². The summed E-state index contributed by atoms with van der Waals surface area (Å²) in [6, 6.07) is -1.32. The van der Waals surface area contributed by atoms with Gasteiger partial charge in [0.1, 0.15) is 6.73 Å². The highest BCUT2D eigenvalue weighted by Gasteiger charge is 2.27. The highest BCUT2D eigenvalue weighted by Crippen LogP contribution is 2.07. The van der Waals surface area contributed by atoms with E-state index in [1.165, 1.54) is 0 Å². The SMILES string of the molecule is CC(C)CCC(=O)N(CO)C(=O)[C@@H](N)CC(=O)O. The van der Waals surface area contributed by atoms with E-state index in [1.54, 1.807) is 0 Å². The van der Waals surface area contributed by atoms with Gasteiger partial charge in [0.05, 0.1) is 12.5 Å². The lowest BCUT2D eigenvalue weighted by Gasteiger charge is -2.21. The molecule has 0 saturated heterocycles. The van der Waals surface area contributed by atoms with Gasteiger partial charge in [-0.15, -0.1) is 0 Å². The average molecular weight is 260 g/mol. The van der Waals surface area contributed by atoms with Crippen LogP contribution < -0.4 is 5.73 Å². The summed E-state index contributed by atoms with van der Waals surface area (Å²) in [6.07, 6.45) is 0.118. The third kappa shape index (κ3) is 5.74. The van der Waals surface area contributed by atoms with Crippen LogP contribution >= 0.6 is 0 Å². The van der Waals surface area contributed by atoms with E-state index < -0.39 is 37.0 Å². The molecular formula is C11H20N2O5. The van der Waals surface area contributed by atoms with E-state index in [-0.39, 0.29) is 12.3 Å². The molecule has 2 amide bonds. The summed E-state index contributed by atoms with van der Waals surface area (Å²) in [4.78, 5) is 34.3. The van der Waals surface area contributed by atoms with Crippen LogP contribution in [0.25, 0.3) is 0 Å². The molecule has 18 heavy (non-hydrogen) atoms. The molecule has 0 spiro atoms. The molecule has 0 heterocycles. The Labute approximate surface area is 106 Å². The number of aliphatic hydroxyl groups is 1. The van der Waals surface area contributed by atoms with Crippen molar-refractivity contribution < 1.29 is 24.6 Å². The number of amides is 2. The van der Waals surface area contributed by atoms with Crippen LogP contribution in [0.2, 0.25) is 0 Å². The Morgan fingerprint density at radius 1 is 1.28 bits per heavy atom. The zero-order chi connectivity index (χ0) is 14.3. The summed E-state index contributed by atoms with van der Waals surface area (Å²) >= 11 is 0. The highest BCUT2D eigenvalue weighted by atomic mass is 16.4. The van der Waals surface area contributed by atoms with Gasteiger partial charge in [0.15, 0.2) is 0 Å². The summed E-state index contributed by atoms with van der Waals surface area (Å²) in [6.45, 7) is 3.06. The van der Waals surface area contributed by atoms with Crippen molar-refractivity contribution in [3.05, 3.63) is 0 Å². The normalized spacial score (nSPS) is 12.3. The van der Waals surface area contributed by atoms with E-state index in [9.17, 15) is 14.4 Å². The number of hydrogen-bond donors (Lipinski definition) is 3. The fraction of sp³-hybridized carbons (Fsp3) is 0.727. The minimum atomic E-state index is -1.32. The summed E-state index contributed by atoms with van der Waals surface area (Å²) in [5.41, 5.74) is 5.35. The fourth-order valence-electron chi connectivity index (χ4n) is 1.29. The van der Waals surface area contributed by atoms with Crippen LogP contribution in [0, 0.1) is 5.92 Å². The van der Waals surface area contributed by atoms with Crippen LogP contribution in [-0.4, -0.2) is 45.7 Å². The van der Waals surface area contributed by atoms with E-state index in [1.807, 2.05) is 13.8 Å². The zero-order valence-corrected chi connectivity index (χ0v) is 10.6. The molecule has 0 saturated carbocycles. The first kappa shape index (κ1) is 16.5. The molecule has 7 heteroatoms. The van der Waals surface area contributed by atoms with E-state index in [2.05, 4.69) is 0 Å². The van der Waals surface area contributed by atoms with Crippen molar-refractivity contribution in [2.45, 2.75) is 39.2 Å². The predicted molar refractivity (Wildman–Crippen MR) is 63.2 cm³/mol. The van der Waals surface area contributed by atoms with Crippen molar-refractivity contribution in [1.29, 1.82) is 0 Å². The van der Waals surface area contributed by atoms with Crippen molar-refractivity contribution >= 4 is 17.8 Å². The fourth-order valence-corrected chi connectivity index (χ4v) is 1.29. The smallest absolute Gasteiger partial charge is 0.305 e. The number of carboxylic acid groups (broad SMARTS) is 1. The third-order valence-electron chi connectivity index (χ3n) is 2.36. The lowest BCUT2D eigenvalue weighted by molar-refractivity contribution is -0.152. The molecule has 4 N–H and O–H groups in total. The predicted octanol–water partition coefficient (Wildman–Crippen LogP) is -0.470. The molecule has 0 rings (SSSR count). The first-order valence-electron chi connectivity index (χ1n) is 5.72. The van der Waals surface area contributed by atoms with Gasteiger partial charge in [-0.25, -0.2) is 0 Å². The van der Waals surface area contributed by atoms with Crippen molar-refractivity contribution in [2.75, 3.05) is 6.73 Å². The van der Waals surface area contributed by atoms with E-state index in [4.69, 9.17) is 15.9 Å². The Morgan fingerprint density at radius 3 is 2.22 bits per heavy atom. The maximum absolute atomic E-state index is 11.7. The number of carbonyl (C=O) groups is 3. The molecule has 7 nitrogen and oxygen atoms in total. The molecular weight excluding hydrogens is 240 g/mol. The lowest BCUT2D eigenvalue weighted by Crippen LogP contribution is -2.48. The Hall–Kier alpha value is -1.47. The third-order valence-corrected chi connectivity index (χ3v) is 2.36. The van der Waals surface area contributed by atoms with Gasteiger partial charge in [-0.2, -0.15) is 0 Å². The summed E-state index contributed by atoms with van der Waals surface area (Å²) in [7, 11) is 0. The summed E-state index contributed by atoms with van der Waals surface area (Å²) in [5, 5.41) is 17.5. The Kier molecular flexibility index (Phi) is 7.14. The summed E-state index contributed by atoms with van der Waals surface area (Å²) in [5.74, 6) is -2.36. The minimum absolute atomic E-state index is 0.115. The molecule has 0 bridgehead atoms. The van der Waals surface area contributed by atoms with Gasteiger partial charge in [0.2, 0.25) is 11.8 Å². The molecule has 1 atom stereocenters. The number of imide groups is 1. The van der Waals surface area contributed by atoms with Gasteiger partial charge in [-0.05, 0) is 12.3 Å².